The fraction of sp³-hybridized carbons (Fsp3) is 0.353. The number of fused-ring (bicyclic) bond motifs is 1. The monoisotopic (exact) mass is 398 g/mol. The average Bonchev–Trinajstić information content (AvgIpc) is 2.95. The molecule has 3 rings (SSSR count). The van der Waals surface area contributed by atoms with Gasteiger partial charge in [-0.05, 0) is 55.5 Å². The molecule has 134 valence electrons. The topological polar surface area (TPSA) is 75.3 Å². The Morgan fingerprint density at radius 3 is 2.60 bits per heavy atom. The molecule has 1 amide bonds. The predicted molar refractivity (Wildman–Crippen MR) is 99.4 cm³/mol. The first-order valence-electron chi connectivity index (χ1n) is 8.15. The van der Waals surface area contributed by atoms with Crippen LogP contribution in [0.25, 0.3) is 0 Å². The molecule has 1 aliphatic carbocycles. The van der Waals surface area contributed by atoms with Gasteiger partial charge >= 0.3 is 0 Å². The van der Waals surface area contributed by atoms with Crippen LogP contribution in [0.4, 0.5) is 0 Å². The predicted octanol–water partition coefficient (Wildman–Crippen LogP) is 3.68. The van der Waals surface area contributed by atoms with Crippen molar-refractivity contribution in [2.75, 3.05) is 0 Å². The van der Waals surface area contributed by atoms with Gasteiger partial charge in [-0.1, -0.05) is 30.5 Å². The van der Waals surface area contributed by atoms with Crippen molar-refractivity contribution in [3.8, 4) is 0 Å². The third-order valence-corrected chi connectivity index (χ3v) is 6.84. The van der Waals surface area contributed by atoms with Gasteiger partial charge in [0.15, 0.2) is 0 Å². The molecule has 0 atom stereocenters. The lowest BCUT2D eigenvalue weighted by atomic mass is 10.00. The number of carbonyl (C=O) groups is 1. The number of thiophene rings is 1. The van der Waals surface area contributed by atoms with Crippen LogP contribution < -0.4 is 10.3 Å². The highest BCUT2D eigenvalue weighted by Crippen LogP contribution is 2.28. The largest absolute Gasteiger partial charge is 0.276 e. The molecule has 1 aromatic heterocycles. The van der Waals surface area contributed by atoms with Crippen molar-refractivity contribution in [1.82, 2.24) is 10.3 Å². The highest BCUT2D eigenvalue weighted by molar-refractivity contribution is 7.89. The first-order chi connectivity index (χ1) is 12.0. The van der Waals surface area contributed by atoms with Gasteiger partial charge in [-0.25, -0.2) is 8.42 Å². The SMILES string of the molecule is O=C(NNS(=O)(=O)c1cccc(Cl)c1)c1cc2c(s1)CCCCCC2. The number of halogens is 1. The van der Waals surface area contributed by atoms with Gasteiger partial charge in [-0.2, -0.15) is 0 Å². The van der Waals surface area contributed by atoms with Gasteiger partial charge in [0.25, 0.3) is 15.9 Å². The van der Waals surface area contributed by atoms with Crippen molar-refractivity contribution in [3.05, 3.63) is 50.7 Å². The van der Waals surface area contributed by atoms with Gasteiger partial charge in [-0.3, -0.25) is 10.2 Å². The standard InChI is InChI=1S/C17H19ClN2O3S2/c18-13-7-5-8-14(11-13)25(22,23)20-19-17(21)16-10-12-6-3-1-2-4-9-15(12)24-16/h5,7-8,10-11,20H,1-4,6,9H2,(H,19,21). The number of hydrazine groups is 1. The van der Waals surface area contributed by atoms with E-state index >= 15 is 0 Å². The molecule has 8 heteroatoms. The average molecular weight is 399 g/mol. The molecule has 0 radical (unpaired) electrons. The molecule has 2 N–H and O–H groups in total. The molecule has 0 saturated carbocycles. The van der Waals surface area contributed by atoms with Gasteiger partial charge in [-0.15, -0.1) is 16.2 Å². The van der Waals surface area contributed by atoms with Crippen molar-refractivity contribution < 1.29 is 13.2 Å². The summed E-state index contributed by atoms with van der Waals surface area (Å²) in [5, 5.41) is 0.312. The Labute approximate surface area is 156 Å². The molecule has 1 aliphatic rings. The first-order valence-corrected chi connectivity index (χ1v) is 10.8. The normalized spacial score (nSPS) is 15.1. The van der Waals surface area contributed by atoms with E-state index in [0.29, 0.717) is 9.90 Å². The smallest absolute Gasteiger partial charge is 0.273 e. The first kappa shape index (κ1) is 18.4. The number of amides is 1. The molecular weight excluding hydrogens is 380 g/mol. The maximum absolute atomic E-state index is 12.3. The molecule has 0 fully saturated rings. The lowest BCUT2D eigenvalue weighted by molar-refractivity contribution is 0.0949. The maximum atomic E-state index is 12.3. The molecule has 25 heavy (non-hydrogen) atoms. The summed E-state index contributed by atoms with van der Waals surface area (Å²) < 4.78 is 24.4. The summed E-state index contributed by atoms with van der Waals surface area (Å²) in [6, 6.07) is 7.75. The van der Waals surface area contributed by atoms with E-state index in [2.05, 4.69) is 10.3 Å². The van der Waals surface area contributed by atoms with Gasteiger partial charge in [0, 0.05) is 9.90 Å². The van der Waals surface area contributed by atoms with Crippen LogP contribution in [0, 0.1) is 0 Å². The van der Waals surface area contributed by atoms with Gasteiger partial charge in [0.05, 0.1) is 9.77 Å². The lowest BCUT2D eigenvalue weighted by Crippen LogP contribution is -2.41. The summed E-state index contributed by atoms with van der Waals surface area (Å²) in [5.41, 5.74) is 3.50. The highest BCUT2D eigenvalue weighted by Gasteiger charge is 2.19. The van der Waals surface area contributed by atoms with Crippen LogP contribution in [0.5, 0.6) is 0 Å². The minimum atomic E-state index is -3.86. The highest BCUT2D eigenvalue weighted by atomic mass is 35.5. The van der Waals surface area contributed by atoms with Crippen molar-refractivity contribution in [2.45, 2.75) is 43.4 Å². The number of sulfonamides is 1. The zero-order valence-corrected chi connectivity index (χ0v) is 15.9. The van der Waals surface area contributed by atoms with Crippen LogP contribution in [0.1, 0.15) is 45.8 Å². The Kier molecular flexibility index (Phi) is 5.78. The number of benzene rings is 1. The molecule has 1 heterocycles. The van der Waals surface area contributed by atoms with Gasteiger partial charge in [0.1, 0.15) is 0 Å². The van der Waals surface area contributed by atoms with E-state index in [1.807, 2.05) is 6.07 Å². The van der Waals surface area contributed by atoms with E-state index in [1.165, 1.54) is 52.8 Å². The Hall–Kier alpha value is -1.41. The van der Waals surface area contributed by atoms with E-state index in [1.54, 1.807) is 6.07 Å². The quantitative estimate of drug-likeness (QED) is 0.771. The molecule has 1 aromatic carbocycles. The minimum Gasteiger partial charge on any atom is -0.273 e. The lowest BCUT2D eigenvalue weighted by Gasteiger charge is -2.07. The minimum absolute atomic E-state index is 0.00116. The summed E-state index contributed by atoms with van der Waals surface area (Å²) >= 11 is 7.26. The van der Waals surface area contributed by atoms with Crippen molar-refractivity contribution in [1.29, 1.82) is 0 Å². The number of hydrogen-bond acceptors (Lipinski definition) is 4. The van der Waals surface area contributed by atoms with Crippen LogP contribution in [0.2, 0.25) is 5.02 Å². The molecule has 0 bridgehead atoms. The molecule has 2 aromatic rings. The number of hydrogen-bond donors (Lipinski definition) is 2. The van der Waals surface area contributed by atoms with E-state index in [4.69, 9.17) is 11.6 Å². The van der Waals surface area contributed by atoms with Crippen molar-refractivity contribution >= 4 is 38.9 Å². The van der Waals surface area contributed by atoms with Crippen LogP contribution in [-0.2, 0) is 22.9 Å². The van der Waals surface area contributed by atoms with Crippen molar-refractivity contribution in [3.63, 3.8) is 0 Å². The van der Waals surface area contributed by atoms with Gasteiger partial charge in [0.2, 0.25) is 0 Å². The van der Waals surface area contributed by atoms with Crippen molar-refractivity contribution in [2.24, 2.45) is 0 Å². The zero-order valence-electron chi connectivity index (χ0n) is 13.5. The van der Waals surface area contributed by atoms with Crippen LogP contribution in [0.3, 0.4) is 0 Å². The summed E-state index contributed by atoms with van der Waals surface area (Å²) in [6.07, 6.45) is 6.67. The fourth-order valence-corrected chi connectivity index (χ4v) is 5.11. The van der Waals surface area contributed by atoms with Crippen LogP contribution in [-0.4, -0.2) is 14.3 Å². The molecule has 5 nitrogen and oxygen atoms in total. The summed E-state index contributed by atoms with van der Waals surface area (Å²) in [6.45, 7) is 0. The Bertz CT molecular complexity index is 852. The van der Waals surface area contributed by atoms with Crippen LogP contribution in [0.15, 0.2) is 35.2 Å². The van der Waals surface area contributed by atoms with E-state index < -0.39 is 15.9 Å². The number of carbonyl (C=O) groups excluding carboxylic acids is 1. The molecule has 0 unspecified atom stereocenters. The Morgan fingerprint density at radius 1 is 1.08 bits per heavy atom. The summed E-state index contributed by atoms with van der Waals surface area (Å²) in [7, 11) is -3.86. The second kappa shape index (κ2) is 7.86. The van der Waals surface area contributed by atoms with Crippen LogP contribution >= 0.6 is 22.9 Å². The number of rotatable bonds is 4. The zero-order chi connectivity index (χ0) is 17.9. The third-order valence-electron chi connectivity index (χ3n) is 4.13. The molecule has 0 aliphatic heterocycles. The Morgan fingerprint density at radius 2 is 1.84 bits per heavy atom. The van der Waals surface area contributed by atoms with Gasteiger partial charge < -0.3 is 0 Å². The molecule has 0 spiro atoms. The summed E-state index contributed by atoms with van der Waals surface area (Å²) in [5.74, 6) is -0.442. The maximum Gasteiger partial charge on any atom is 0.276 e. The van der Waals surface area contributed by atoms with E-state index in [9.17, 15) is 13.2 Å². The summed E-state index contributed by atoms with van der Waals surface area (Å²) in [4.78, 5) is 16.2. The van der Waals surface area contributed by atoms with E-state index in [-0.39, 0.29) is 4.90 Å². The number of aryl methyl sites for hydroxylation is 2. The fourth-order valence-electron chi connectivity index (χ4n) is 2.82. The second-order valence-electron chi connectivity index (χ2n) is 5.99. The van der Waals surface area contributed by atoms with E-state index in [0.717, 1.165) is 25.7 Å². The number of nitrogens with one attached hydrogen (secondary N) is 2. The third kappa shape index (κ3) is 4.61. The molecule has 0 saturated heterocycles. The second-order valence-corrected chi connectivity index (χ2v) is 9.25. The Balaban J connectivity index is 1.69. The molecular formula is C17H19ClN2O3S2.